The number of nitrogens with one attached hydrogen (secondary N) is 1. The van der Waals surface area contributed by atoms with Gasteiger partial charge in [0, 0.05) is 24.0 Å². The number of hydrogen-bond acceptors (Lipinski definition) is 4. The molecule has 0 bridgehead atoms. The maximum atomic E-state index is 14.1. The van der Waals surface area contributed by atoms with E-state index in [2.05, 4.69) is 5.32 Å². The first-order valence-corrected chi connectivity index (χ1v) is 15.2. The smallest absolute Gasteiger partial charge is 0.244 e. The highest BCUT2D eigenvalue weighted by Crippen LogP contribution is 2.27. The average Bonchev–Trinajstić information content (AvgIpc) is 2.91. The topological polar surface area (TPSA) is 86.8 Å². The third kappa shape index (κ3) is 8.53. The molecule has 1 N–H and O–H groups in total. The number of halogens is 2. The monoisotopic (exact) mass is 587 g/mol. The number of benzene rings is 3. The van der Waals surface area contributed by atoms with Crippen LogP contribution in [0, 0.1) is 12.7 Å². The Balaban J connectivity index is 2.08. The summed E-state index contributed by atoms with van der Waals surface area (Å²) in [5, 5.41) is 3.29. The zero-order chi connectivity index (χ0) is 29.4. The summed E-state index contributed by atoms with van der Waals surface area (Å²) in [4.78, 5) is 29.1. The maximum Gasteiger partial charge on any atom is 0.244 e. The van der Waals surface area contributed by atoms with Gasteiger partial charge in [0.15, 0.2) is 0 Å². The molecule has 0 saturated heterocycles. The highest BCUT2D eigenvalue weighted by atomic mass is 35.5. The van der Waals surface area contributed by atoms with E-state index in [0.717, 1.165) is 16.1 Å². The molecule has 0 aromatic heterocycles. The quantitative estimate of drug-likeness (QED) is 0.319. The van der Waals surface area contributed by atoms with Gasteiger partial charge in [-0.1, -0.05) is 67.1 Å². The average molecular weight is 588 g/mol. The first-order valence-electron chi connectivity index (χ1n) is 13.0. The molecule has 0 spiro atoms. The number of rotatable bonds is 12. The predicted octanol–water partition coefficient (Wildman–Crippen LogP) is 5.11. The molecule has 0 saturated carbocycles. The van der Waals surface area contributed by atoms with Crippen LogP contribution in [0.2, 0.25) is 5.02 Å². The van der Waals surface area contributed by atoms with Gasteiger partial charge >= 0.3 is 0 Å². The fourth-order valence-corrected chi connectivity index (χ4v) is 5.29. The second-order valence-corrected chi connectivity index (χ2v) is 12.2. The Hall–Kier alpha value is -3.43. The van der Waals surface area contributed by atoms with Crippen molar-refractivity contribution in [3.63, 3.8) is 0 Å². The van der Waals surface area contributed by atoms with Gasteiger partial charge in [0.25, 0.3) is 0 Å². The van der Waals surface area contributed by atoms with E-state index in [1.807, 2.05) is 44.2 Å². The first kappa shape index (κ1) is 31.1. The molecule has 0 heterocycles. The van der Waals surface area contributed by atoms with E-state index in [9.17, 15) is 22.4 Å². The summed E-state index contributed by atoms with van der Waals surface area (Å²) in [6.45, 7) is 4.95. The lowest BCUT2D eigenvalue weighted by atomic mass is 10.0. The molecule has 7 nitrogen and oxygen atoms in total. The zero-order valence-corrected chi connectivity index (χ0v) is 24.7. The van der Waals surface area contributed by atoms with Crippen LogP contribution in [0.3, 0.4) is 0 Å². The number of carbonyl (C=O) groups excluding carboxylic acids is 2. The first-order chi connectivity index (χ1) is 18.9. The third-order valence-electron chi connectivity index (χ3n) is 6.66. The van der Waals surface area contributed by atoms with Crippen molar-refractivity contribution < 1.29 is 22.4 Å². The minimum Gasteiger partial charge on any atom is -0.352 e. The van der Waals surface area contributed by atoms with Crippen molar-refractivity contribution in [2.24, 2.45) is 0 Å². The summed E-state index contributed by atoms with van der Waals surface area (Å²) in [6.07, 6.45) is 1.90. The van der Waals surface area contributed by atoms with E-state index in [1.165, 1.54) is 35.2 Å². The molecule has 0 aliphatic heterocycles. The standard InChI is InChI=1S/C30H35ClFN3O4S/c1-5-22(3)33-30(37)28(17-23-9-7-6-8-10-23)34(19-24-12-15-26(32)16-13-24)29(36)20-35(40(4,38)39)27-18-25(31)14-11-21(27)2/h6-16,18,22,28H,5,17,19-20H2,1-4H3,(H,33,37). The lowest BCUT2D eigenvalue weighted by molar-refractivity contribution is -0.140. The van der Waals surface area contributed by atoms with E-state index in [1.54, 1.807) is 19.1 Å². The van der Waals surface area contributed by atoms with Crippen molar-refractivity contribution in [2.45, 2.75) is 52.2 Å². The minimum absolute atomic E-state index is 0.0311. The van der Waals surface area contributed by atoms with Gasteiger partial charge in [0.05, 0.1) is 11.9 Å². The summed E-state index contributed by atoms with van der Waals surface area (Å²) >= 11 is 6.17. The van der Waals surface area contributed by atoms with Crippen LogP contribution in [0.4, 0.5) is 10.1 Å². The van der Waals surface area contributed by atoms with Crippen molar-refractivity contribution in [3.8, 4) is 0 Å². The van der Waals surface area contributed by atoms with Crippen LogP contribution in [-0.4, -0.2) is 50.0 Å². The number of nitrogens with zero attached hydrogens (tertiary/aromatic N) is 2. The van der Waals surface area contributed by atoms with Crippen molar-refractivity contribution in [2.75, 3.05) is 17.1 Å². The molecule has 0 fully saturated rings. The van der Waals surface area contributed by atoms with Crippen LogP contribution < -0.4 is 9.62 Å². The van der Waals surface area contributed by atoms with Gasteiger partial charge in [0.2, 0.25) is 21.8 Å². The second kappa shape index (κ2) is 13.8. The molecule has 2 unspecified atom stereocenters. The number of aryl methyl sites for hydroxylation is 1. The molecule has 2 amide bonds. The highest BCUT2D eigenvalue weighted by Gasteiger charge is 2.33. The van der Waals surface area contributed by atoms with Crippen LogP contribution in [-0.2, 0) is 32.6 Å². The van der Waals surface area contributed by atoms with Crippen LogP contribution in [0.15, 0.2) is 72.8 Å². The SMILES string of the molecule is CCC(C)NC(=O)C(Cc1ccccc1)N(Cc1ccc(F)cc1)C(=O)CN(c1cc(Cl)ccc1C)S(C)(=O)=O. The lowest BCUT2D eigenvalue weighted by Crippen LogP contribution is -2.54. The number of anilines is 1. The molecule has 3 aromatic rings. The normalized spacial score (nSPS) is 12.8. The Morgan fingerprint density at radius 1 is 1.00 bits per heavy atom. The molecular formula is C30H35ClFN3O4S. The predicted molar refractivity (Wildman–Crippen MR) is 157 cm³/mol. The Kier molecular flexibility index (Phi) is 10.7. The van der Waals surface area contributed by atoms with Gasteiger partial charge in [0.1, 0.15) is 18.4 Å². The maximum absolute atomic E-state index is 14.1. The van der Waals surface area contributed by atoms with Gasteiger partial charge < -0.3 is 10.2 Å². The van der Waals surface area contributed by atoms with Gasteiger partial charge in [-0.15, -0.1) is 0 Å². The summed E-state index contributed by atoms with van der Waals surface area (Å²) in [6, 6.07) is 18.6. The lowest BCUT2D eigenvalue weighted by Gasteiger charge is -2.34. The number of sulfonamides is 1. The molecule has 2 atom stereocenters. The number of hydrogen-bond donors (Lipinski definition) is 1. The van der Waals surface area contributed by atoms with E-state index in [0.29, 0.717) is 22.6 Å². The summed E-state index contributed by atoms with van der Waals surface area (Å²) in [7, 11) is -3.92. The number of carbonyl (C=O) groups is 2. The van der Waals surface area contributed by atoms with Crippen molar-refractivity contribution in [1.29, 1.82) is 0 Å². The summed E-state index contributed by atoms with van der Waals surface area (Å²) in [5.41, 5.74) is 2.31. The molecule has 3 aromatic carbocycles. The highest BCUT2D eigenvalue weighted by molar-refractivity contribution is 7.92. The fraction of sp³-hybridized carbons (Fsp3) is 0.333. The Bertz CT molecular complexity index is 1420. The Morgan fingerprint density at radius 3 is 2.25 bits per heavy atom. The van der Waals surface area contributed by atoms with Crippen LogP contribution in [0.5, 0.6) is 0 Å². The minimum atomic E-state index is -3.92. The van der Waals surface area contributed by atoms with Gasteiger partial charge in [-0.05, 0) is 61.2 Å². The summed E-state index contributed by atoms with van der Waals surface area (Å²) < 4.78 is 40.5. The fourth-order valence-electron chi connectivity index (χ4n) is 4.23. The van der Waals surface area contributed by atoms with E-state index in [4.69, 9.17) is 11.6 Å². The van der Waals surface area contributed by atoms with Gasteiger partial charge in [-0.2, -0.15) is 0 Å². The van der Waals surface area contributed by atoms with Crippen LogP contribution in [0.1, 0.15) is 37.0 Å². The van der Waals surface area contributed by atoms with E-state index < -0.39 is 34.3 Å². The van der Waals surface area contributed by atoms with E-state index >= 15 is 0 Å². The van der Waals surface area contributed by atoms with E-state index in [-0.39, 0.29) is 30.6 Å². The third-order valence-corrected chi connectivity index (χ3v) is 8.02. The molecule has 40 heavy (non-hydrogen) atoms. The molecule has 0 aliphatic carbocycles. The van der Waals surface area contributed by atoms with Crippen LogP contribution >= 0.6 is 11.6 Å². The van der Waals surface area contributed by atoms with Gasteiger partial charge in [-0.25, -0.2) is 12.8 Å². The second-order valence-electron chi connectivity index (χ2n) is 9.87. The zero-order valence-electron chi connectivity index (χ0n) is 23.1. The van der Waals surface area contributed by atoms with Crippen molar-refractivity contribution >= 4 is 39.1 Å². The molecule has 0 radical (unpaired) electrons. The summed E-state index contributed by atoms with van der Waals surface area (Å²) in [5.74, 6) is -1.38. The van der Waals surface area contributed by atoms with Crippen molar-refractivity contribution in [3.05, 3.63) is 100 Å². The molecule has 214 valence electrons. The van der Waals surface area contributed by atoms with Crippen molar-refractivity contribution in [1.82, 2.24) is 10.2 Å². The molecular weight excluding hydrogens is 553 g/mol. The molecule has 0 aliphatic rings. The van der Waals surface area contributed by atoms with Gasteiger partial charge in [-0.3, -0.25) is 13.9 Å². The largest absolute Gasteiger partial charge is 0.352 e. The number of amides is 2. The van der Waals surface area contributed by atoms with Crippen LogP contribution in [0.25, 0.3) is 0 Å². The Morgan fingerprint density at radius 2 is 1.65 bits per heavy atom. The Labute approximate surface area is 241 Å². The molecule has 3 rings (SSSR count). The molecule has 10 heteroatoms.